The van der Waals surface area contributed by atoms with Gasteiger partial charge in [0, 0.05) is 27.7 Å². The van der Waals surface area contributed by atoms with Crippen LogP contribution in [-0.2, 0) is 47.6 Å². The van der Waals surface area contributed by atoms with E-state index >= 15 is 0 Å². The molecule has 6 atom stereocenters. The zero-order valence-electron chi connectivity index (χ0n) is 17.4. The van der Waals surface area contributed by atoms with E-state index in [1.54, 1.807) is 0 Å². The largest absolute Gasteiger partial charge is 0.463 e. The predicted octanol–water partition coefficient (Wildman–Crippen LogP) is 0.0231. The minimum absolute atomic E-state index is 0.222. The number of carbonyl (C=O) groups is 4. The van der Waals surface area contributed by atoms with Crippen molar-refractivity contribution in [1.82, 2.24) is 0 Å². The summed E-state index contributed by atoms with van der Waals surface area (Å²) in [5.41, 5.74) is 0. The summed E-state index contributed by atoms with van der Waals surface area (Å²) in [6.07, 6.45) is -5.51. The molecule has 1 saturated heterocycles. The Bertz CT molecular complexity index is 632. The molecule has 1 aliphatic heterocycles. The van der Waals surface area contributed by atoms with Gasteiger partial charge in [-0.25, -0.2) is 0 Å². The van der Waals surface area contributed by atoms with E-state index in [4.69, 9.17) is 28.4 Å². The molecule has 170 valence electrons. The number of esters is 4. The Morgan fingerprint density at radius 1 is 0.933 bits per heavy atom. The lowest BCUT2D eigenvalue weighted by atomic mass is 9.98. The lowest BCUT2D eigenvalue weighted by Gasteiger charge is -2.44. The highest BCUT2D eigenvalue weighted by Crippen LogP contribution is 2.30. The summed E-state index contributed by atoms with van der Waals surface area (Å²) in [6, 6.07) is 0. The molecule has 1 aliphatic rings. The van der Waals surface area contributed by atoms with Gasteiger partial charge < -0.3 is 33.5 Å². The second-order valence-corrected chi connectivity index (χ2v) is 6.58. The van der Waals surface area contributed by atoms with E-state index in [-0.39, 0.29) is 19.6 Å². The predicted molar refractivity (Wildman–Crippen MR) is 98.7 cm³/mol. The third-order valence-electron chi connectivity index (χ3n) is 3.84. The minimum atomic E-state index is -1.32. The average molecular weight is 432 g/mol. The maximum absolute atomic E-state index is 11.7. The standard InChI is InChI=1S/C19H28O11/c1-6-7-14(24)8-26-19-18(29-13(5)23)17(28-12(4)22)16(27-11(3)21)15(30-19)9-25-10(2)20/h6,14-19,24H,1,7-9H2,2-5H3/t14?,15-,16-,17+,18-,19+/m1/s1. The first-order chi connectivity index (χ1) is 14.0. The van der Waals surface area contributed by atoms with Gasteiger partial charge >= 0.3 is 23.9 Å². The summed E-state index contributed by atoms with van der Waals surface area (Å²) in [6.45, 7) is 7.49. The minimum Gasteiger partial charge on any atom is -0.463 e. The van der Waals surface area contributed by atoms with Crippen molar-refractivity contribution in [2.75, 3.05) is 13.2 Å². The Labute approximate surface area is 174 Å². The lowest BCUT2D eigenvalue weighted by molar-refractivity contribution is -0.310. The van der Waals surface area contributed by atoms with Gasteiger partial charge in [0.2, 0.25) is 0 Å². The molecule has 30 heavy (non-hydrogen) atoms. The summed E-state index contributed by atoms with van der Waals surface area (Å²) in [5.74, 6) is -2.82. The molecule has 0 bridgehead atoms. The van der Waals surface area contributed by atoms with Crippen molar-refractivity contribution in [1.29, 1.82) is 0 Å². The highest BCUT2D eigenvalue weighted by Gasteiger charge is 2.52. The summed E-state index contributed by atoms with van der Waals surface area (Å²) in [5, 5.41) is 9.89. The lowest BCUT2D eigenvalue weighted by Crippen LogP contribution is -2.63. The van der Waals surface area contributed by atoms with Gasteiger partial charge in [-0.05, 0) is 6.42 Å². The second kappa shape index (κ2) is 12.3. The van der Waals surface area contributed by atoms with Gasteiger partial charge in [0.05, 0.1) is 12.7 Å². The fourth-order valence-electron chi connectivity index (χ4n) is 2.79. The average Bonchev–Trinajstić information content (AvgIpc) is 2.61. The van der Waals surface area contributed by atoms with Crippen LogP contribution < -0.4 is 0 Å². The van der Waals surface area contributed by atoms with Crippen LogP contribution in [0.5, 0.6) is 0 Å². The molecular formula is C19H28O11. The Hall–Kier alpha value is -2.50. The van der Waals surface area contributed by atoms with Gasteiger partial charge in [0.1, 0.15) is 12.7 Å². The molecular weight excluding hydrogens is 404 g/mol. The first-order valence-corrected chi connectivity index (χ1v) is 9.26. The highest BCUT2D eigenvalue weighted by molar-refractivity contribution is 5.68. The zero-order chi connectivity index (χ0) is 22.8. The van der Waals surface area contributed by atoms with E-state index in [1.807, 2.05) is 0 Å². The van der Waals surface area contributed by atoms with Crippen LogP contribution in [0.2, 0.25) is 0 Å². The van der Waals surface area contributed by atoms with E-state index < -0.39 is 60.7 Å². The molecule has 11 heteroatoms. The van der Waals surface area contributed by atoms with Gasteiger partial charge in [-0.2, -0.15) is 0 Å². The van der Waals surface area contributed by atoms with E-state index in [0.717, 1.165) is 20.8 Å². The Balaban J connectivity index is 3.23. The Morgan fingerprint density at radius 2 is 1.47 bits per heavy atom. The highest BCUT2D eigenvalue weighted by atomic mass is 16.7. The molecule has 0 aliphatic carbocycles. The number of aliphatic hydroxyl groups is 1. The van der Waals surface area contributed by atoms with Gasteiger partial charge in [0.15, 0.2) is 24.6 Å². The molecule has 1 N–H and O–H groups in total. The fraction of sp³-hybridized carbons (Fsp3) is 0.684. The summed E-state index contributed by atoms with van der Waals surface area (Å²) in [7, 11) is 0. The Morgan fingerprint density at radius 3 is 1.97 bits per heavy atom. The van der Waals surface area contributed by atoms with Crippen LogP contribution in [0.1, 0.15) is 34.1 Å². The van der Waals surface area contributed by atoms with Crippen LogP contribution in [0, 0.1) is 0 Å². The van der Waals surface area contributed by atoms with Gasteiger partial charge in [0.25, 0.3) is 0 Å². The van der Waals surface area contributed by atoms with Crippen molar-refractivity contribution in [3.8, 4) is 0 Å². The molecule has 1 rings (SSSR count). The molecule has 1 unspecified atom stereocenters. The van der Waals surface area contributed by atoms with Crippen LogP contribution in [-0.4, -0.2) is 79.0 Å². The Kier molecular flexibility index (Phi) is 10.4. The van der Waals surface area contributed by atoms with Gasteiger partial charge in [-0.1, -0.05) is 6.08 Å². The van der Waals surface area contributed by atoms with E-state index in [9.17, 15) is 24.3 Å². The van der Waals surface area contributed by atoms with Gasteiger partial charge in [-0.3, -0.25) is 19.2 Å². The number of ether oxygens (including phenoxy) is 6. The van der Waals surface area contributed by atoms with E-state index in [2.05, 4.69) is 6.58 Å². The van der Waals surface area contributed by atoms with Crippen molar-refractivity contribution in [2.24, 2.45) is 0 Å². The number of aliphatic hydroxyl groups excluding tert-OH is 1. The van der Waals surface area contributed by atoms with E-state index in [0.29, 0.717) is 0 Å². The third-order valence-corrected chi connectivity index (χ3v) is 3.84. The molecule has 1 heterocycles. The first-order valence-electron chi connectivity index (χ1n) is 9.26. The van der Waals surface area contributed by atoms with Crippen LogP contribution in [0.4, 0.5) is 0 Å². The van der Waals surface area contributed by atoms with Gasteiger partial charge in [-0.15, -0.1) is 6.58 Å². The number of hydrogen-bond donors (Lipinski definition) is 1. The summed E-state index contributed by atoms with van der Waals surface area (Å²) in [4.78, 5) is 46.2. The number of rotatable bonds is 10. The topological polar surface area (TPSA) is 144 Å². The number of carbonyl (C=O) groups excluding carboxylic acids is 4. The fourth-order valence-corrected chi connectivity index (χ4v) is 2.79. The summed E-state index contributed by atoms with van der Waals surface area (Å²) >= 11 is 0. The maximum atomic E-state index is 11.7. The van der Waals surface area contributed by atoms with Crippen LogP contribution in [0.25, 0.3) is 0 Å². The molecule has 0 aromatic heterocycles. The normalized spacial score (nSPS) is 26.8. The smallest absolute Gasteiger partial charge is 0.303 e. The van der Waals surface area contributed by atoms with Crippen LogP contribution >= 0.6 is 0 Å². The molecule has 0 spiro atoms. The van der Waals surface area contributed by atoms with Crippen molar-refractivity contribution in [3.05, 3.63) is 12.7 Å². The van der Waals surface area contributed by atoms with Crippen LogP contribution in [0.3, 0.4) is 0 Å². The number of hydrogen-bond acceptors (Lipinski definition) is 11. The second-order valence-electron chi connectivity index (χ2n) is 6.58. The third kappa shape index (κ3) is 8.47. The van der Waals surface area contributed by atoms with Crippen molar-refractivity contribution >= 4 is 23.9 Å². The van der Waals surface area contributed by atoms with Crippen molar-refractivity contribution in [2.45, 2.75) is 70.9 Å². The van der Waals surface area contributed by atoms with Crippen molar-refractivity contribution < 1.29 is 52.7 Å². The molecule has 0 saturated carbocycles. The molecule has 11 nitrogen and oxygen atoms in total. The van der Waals surface area contributed by atoms with E-state index in [1.165, 1.54) is 13.0 Å². The zero-order valence-corrected chi connectivity index (χ0v) is 17.4. The quantitative estimate of drug-likeness (QED) is 0.283. The first kappa shape index (κ1) is 25.5. The molecule has 0 aromatic carbocycles. The van der Waals surface area contributed by atoms with Crippen LogP contribution in [0.15, 0.2) is 12.7 Å². The molecule has 0 radical (unpaired) electrons. The monoisotopic (exact) mass is 432 g/mol. The van der Waals surface area contributed by atoms with Crippen molar-refractivity contribution in [3.63, 3.8) is 0 Å². The molecule has 1 fully saturated rings. The molecule has 0 aromatic rings. The SMILES string of the molecule is C=CCC(O)CO[C@H]1O[C@H](COC(C)=O)[C@@H](OC(C)=O)[C@H](OC(C)=O)[C@H]1OC(C)=O. The maximum Gasteiger partial charge on any atom is 0.303 e. The summed E-state index contributed by atoms with van der Waals surface area (Å²) < 4.78 is 31.9. The molecule has 0 amide bonds.